The molecule has 2 aromatic carbocycles. The van der Waals surface area contributed by atoms with Crippen LogP contribution in [0, 0.1) is 5.92 Å². The Balaban J connectivity index is 1.99. The molecule has 0 aliphatic carbocycles. The smallest absolute Gasteiger partial charge is 0.413 e. The molecule has 0 unspecified atom stereocenters. The van der Waals surface area contributed by atoms with Crippen LogP contribution in [0.25, 0.3) is 0 Å². The van der Waals surface area contributed by atoms with E-state index in [1.807, 2.05) is 71.0 Å². The second kappa shape index (κ2) is 12.4. The van der Waals surface area contributed by atoms with Crippen molar-refractivity contribution < 1.29 is 19.4 Å². The van der Waals surface area contributed by atoms with Gasteiger partial charge in [0.05, 0.1) is 24.3 Å². The predicted octanol–water partition coefficient (Wildman–Crippen LogP) is 6.23. The molecular weight excluding hydrogens is 464 g/mol. The second-order valence-corrected chi connectivity index (χ2v) is 11.8. The molecule has 1 amide bonds. The molecule has 37 heavy (non-hydrogen) atoms. The van der Waals surface area contributed by atoms with Crippen molar-refractivity contribution >= 4 is 6.09 Å². The summed E-state index contributed by atoms with van der Waals surface area (Å²) in [6.45, 7) is 15.8. The molecule has 0 aromatic heterocycles. The highest BCUT2D eigenvalue weighted by atomic mass is 16.6. The van der Waals surface area contributed by atoms with E-state index in [2.05, 4.69) is 43.0 Å². The van der Waals surface area contributed by atoms with Crippen LogP contribution in [0.5, 0.6) is 0 Å². The topological polar surface area (TPSA) is 62.2 Å². The predicted molar refractivity (Wildman–Crippen MR) is 148 cm³/mol. The monoisotopic (exact) mass is 510 g/mol. The van der Waals surface area contributed by atoms with Gasteiger partial charge in [-0.25, -0.2) is 4.79 Å². The van der Waals surface area contributed by atoms with Crippen molar-refractivity contribution in [2.24, 2.45) is 5.92 Å². The molecule has 0 bridgehead atoms. The first kappa shape index (κ1) is 29.2. The Hall–Kier alpha value is -2.41. The number of amides is 1. The summed E-state index contributed by atoms with van der Waals surface area (Å²) in [5.74, 6) is 0.340. The molecule has 1 heterocycles. The van der Waals surface area contributed by atoms with E-state index in [0.717, 1.165) is 6.42 Å². The highest BCUT2D eigenvalue weighted by molar-refractivity contribution is 5.70. The van der Waals surface area contributed by atoms with Gasteiger partial charge < -0.3 is 14.6 Å². The van der Waals surface area contributed by atoms with E-state index in [4.69, 9.17) is 9.47 Å². The second-order valence-electron chi connectivity index (χ2n) is 11.8. The zero-order valence-corrected chi connectivity index (χ0v) is 23.7. The van der Waals surface area contributed by atoms with Gasteiger partial charge in [-0.15, -0.1) is 0 Å². The van der Waals surface area contributed by atoms with Gasteiger partial charge in [0.1, 0.15) is 11.8 Å². The summed E-state index contributed by atoms with van der Waals surface area (Å²) in [5, 5.41) is 11.3. The number of rotatable bonds is 11. The molecule has 1 saturated heterocycles. The number of carbonyl (C=O) groups excluding carboxylic acids is 1. The summed E-state index contributed by atoms with van der Waals surface area (Å²) in [7, 11) is 0. The average molecular weight is 511 g/mol. The maximum Gasteiger partial charge on any atom is 0.413 e. The average Bonchev–Trinajstić information content (AvgIpc) is 3.08. The first-order valence-corrected chi connectivity index (χ1v) is 13.6. The maximum atomic E-state index is 13.7. The number of aliphatic hydroxyl groups excluding tert-OH is 1. The third-order valence-corrected chi connectivity index (χ3v) is 7.16. The minimum absolute atomic E-state index is 0.186. The van der Waals surface area contributed by atoms with Crippen molar-refractivity contribution in [2.75, 3.05) is 6.61 Å². The van der Waals surface area contributed by atoms with Gasteiger partial charge in [0, 0.05) is 13.1 Å². The molecule has 0 spiro atoms. The van der Waals surface area contributed by atoms with Gasteiger partial charge in [0.25, 0.3) is 0 Å². The van der Waals surface area contributed by atoms with E-state index < -0.39 is 29.6 Å². The van der Waals surface area contributed by atoms with Gasteiger partial charge in [-0.05, 0) is 57.6 Å². The number of nitrogens with zero attached hydrogens (tertiary/aromatic N) is 2. The normalized spacial score (nSPS) is 19.1. The van der Waals surface area contributed by atoms with Crippen LogP contribution >= 0.6 is 0 Å². The number of ether oxygens (including phenoxy) is 2. The molecule has 0 saturated carbocycles. The lowest BCUT2D eigenvalue weighted by Gasteiger charge is -2.42. The summed E-state index contributed by atoms with van der Waals surface area (Å²) in [6, 6.07) is 20.5. The molecule has 1 aliphatic heterocycles. The molecule has 1 fully saturated rings. The number of carbonyl (C=O) groups is 1. The Labute approximate surface area is 223 Å². The first-order chi connectivity index (χ1) is 17.4. The summed E-state index contributed by atoms with van der Waals surface area (Å²) in [4.78, 5) is 17.8. The molecule has 6 heteroatoms. The van der Waals surface area contributed by atoms with Crippen LogP contribution in [-0.4, -0.2) is 57.1 Å². The van der Waals surface area contributed by atoms with Crippen molar-refractivity contribution in [3.8, 4) is 0 Å². The van der Waals surface area contributed by atoms with Gasteiger partial charge in [0.2, 0.25) is 0 Å². The lowest BCUT2D eigenvalue weighted by molar-refractivity contribution is -0.0947. The van der Waals surface area contributed by atoms with Gasteiger partial charge in [-0.3, -0.25) is 9.80 Å². The lowest BCUT2D eigenvalue weighted by Crippen LogP contribution is -2.57. The Kier molecular flexibility index (Phi) is 9.79. The van der Waals surface area contributed by atoms with Gasteiger partial charge >= 0.3 is 6.09 Å². The third kappa shape index (κ3) is 7.56. The molecule has 3 atom stereocenters. The Morgan fingerprint density at radius 3 is 1.92 bits per heavy atom. The Morgan fingerprint density at radius 2 is 1.51 bits per heavy atom. The molecule has 204 valence electrons. The van der Waals surface area contributed by atoms with E-state index >= 15 is 0 Å². The highest BCUT2D eigenvalue weighted by Gasteiger charge is 2.51. The van der Waals surface area contributed by atoms with Crippen molar-refractivity contribution in [3.63, 3.8) is 0 Å². The van der Waals surface area contributed by atoms with Crippen LogP contribution in [-0.2, 0) is 22.6 Å². The number of aliphatic hydroxyl groups is 1. The van der Waals surface area contributed by atoms with E-state index in [0.29, 0.717) is 32.0 Å². The minimum Gasteiger partial charge on any atom is -0.442 e. The summed E-state index contributed by atoms with van der Waals surface area (Å²) >= 11 is 0. The quantitative estimate of drug-likeness (QED) is 0.388. The largest absolute Gasteiger partial charge is 0.442 e. The number of hydrogen-bond acceptors (Lipinski definition) is 5. The van der Waals surface area contributed by atoms with Gasteiger partial charge in [-0.1, -0.05) is 81.4 Å². The Morgan fingerprint density at radius 1 is 1.00 bits per heavy atom. The van der Waals surface area contributed by atoms with Crippen LogP contribution in [0.2, 0.25) is 0 Å². The standard InChI is InChI=1S/C31H46N2O4/c1-8-27(34)28(37-29(35)33-30(4,5)22-36-31(33,6)7)26(19-23(2)3)32(20-24-15-11-9-12-16-24)21-25-17-13-10-14-18-25/h9-18,23,26-28,34H,8,19-22H2,1-7H3/t26-,27-,28-/m0/s1. The molecule has 2 aromatic rings. The van der Waals surface area contributed by atoms with Gasteiger partial charge in [-0.2, -0.15) is 0 Å². The highest BCUT2D eigenvalue weighted by Crippen LogP contribution is 2.36. The van der Waals surface area contributed by atoms with E-state index in [-0.39, 0.29) is 6.04 Å². The molecular formula is C31H46N2O4. The van der Waals surface area contributed by atoms with Crippen LogP contribution in [0.1, 0.15) is 72.4 Å². The summed E-state index contributed by atoms with van der Waals surface area (Å²) < 4.78 is 12.2. The fourth-order valence-corrected chi connectivity index (χ4v) is 5.39. The molecule has 1 N–H and O–H groups in total. The SMILES string of the molecule is CC[C@H](O)[C@@H](OC(=O)N1C(C)(C)COC1(C)C)[C@H](CC(C)C)N(Cc1ccccc1)Cc1ccccc1. The van der Waals surface area contributed by atoms with Crippen molar-refractivity contribution in [3.05, 3.63) is 71.8 Å². The molecule has 3 rings (SSSR count). The van der Waals surface area contributed by atoms with E-state index in [1.165, 1.54) is 11.1 Å². The number of benzene rings is 2. The summed E-state index contributed by atoms with van der Waals surface area (Å²) in [6.07, 6.45) is -0.674. The third-order valence-electron chi connectivity index (χ3n) is 7.16. The summed E-state index contributed by atoms with van der Waals surface area (Å²) in [5.41, 5.74) is 1.06. The van der Waals surface area contributed by atoms with Crippen LogP contribution < -0.4 is 0 Å². The number of hydrogen-bond donors (Lipinski definition) is 1. The van der Waals surface area contributed by atoms with Gasteiger partial charge in [0.15, 0.2) is 0 Å². The molecule has 0 radical (unpaired) electrons. The lowest BCUT2D eigenvalue weighted by atomic mass is 9.92. The molecule has 6 nitrogen and oxygen atoms in total. The Bertz CT molecular complexity index is 920. The van der Waals surface area contributed by atoms with Crippen LogP contribution in [0.3, 0.4) is 0 Å². The van der Waals surface area contributed by atoms with Crippen molar-refractivity contribution in [2.45, 2.75) is 104 Å². The fraction of sp³-hybridized carbons (Fsp3) is 0.581. The van der Waals surface area contributed by atoms with Crippen molar-refractivity contribution in [1.29, 1.82) is 0 Å². The van der Waals surface area contributed by atoms with Crippen LogP contribution in [0.15, 0.2) is 60.7 Å². The maximum absolute atomic E-state index is 13.7. The van der Waals surface area contributed by atoms with Crippen molar-refractivity contribution in [1.82, 2.24) is 9.80 Å². The fourth-order valence-electron chi connectivity index (χ4n) is 5.39. The minimum atomic E-state index is -0.795. The zero-order chi connectivity index (χ0) is 27.2. The van der Waals surface area contributed by atoms with E-state index in [1.54, 1.807) is 4.90 Å². The first-order valence-electron chi connectivity index (χ1n) is 13.6. The molecule has 1 aliphatic rings. The van der Waals surface area contributed by atoms with E-state index in [9.17, 15) is 9.90 Å². The zero-order valence-electron chi connectivity index (χ0n) is 23.7. The van der Waals surface area contributed by atoms with Crippen LogP contribution in [0.4, 0.5) is 4.79 Å².